The summed E-state index contributed by atoms with van der Waals surface area (Å²) in [5, 5.41) is 9.78. The molecule has 0 aromatic heterocycles. The maximum atomic E-state index is 9.78. The summed E-state index contributed by atoms with van der Waals surface area (Å²) < 4.78 is 0. The van der Waals surface area contributed by atoms with Crippen LogP contribution < -0.4 is 0 Å². The first-order valence-electron chi connectivity index (χ1n) is 7.00. The predicted octanol–water partition coefficient (Wildman–Crippen LogP) is 2.67. The average Bonchev–Trinajstić information content (AvgIpc) is 2.39. The average molecular weight is 247 g/mol. The minimum atomic E-state index is 0.137. The van der Waals surface area contributed by atoms with Crippen LogP contribution in [-0.2, 0) is 5.41 Å². The highest BCUT2D eigenvalue weighted by Crippen LogP contribution is 2.44. The van der Waals surface area contributed by atoms with Crippen LogP contribution >= 0.6 is 0 Å². The van der Waals surface area contributed by atoms with E-state index in [4.69, 9.17) is 0 Å². The molecule has 1 aliphatic carbocycles. The third-order valence-corrected chi connectivity index (χ3v) is 4.37. The summed E-state index contributed by atoms with van der Waals surface area (Å²) in [4.78, 5) is 2.26. The first-order chi connectivity index (χ1) is 8.69. The molecule has 1 saturated carbocycles. The summed E-state index contributed by atoms with van der Waals surface area (Å²) in [7, 11) is 4.27. The maximum Gasteiger partial charge on any atom is 0.0468 e. The van der Waals surface area contributed by atoms with E-state index in [2.05, 4.69) is 49.3 Å². The van der Waals surface area contributed by atoms with E-state index in [1.54, 1.807) is 0 Å². The molecule has 0 unspecified atom stereocenters. The number of aliphatic hydroxyl groups is 1. The Labute approximate surface area is 111 Å². The SMILES string of the molecule is CN(C)C[C@]1(c2ccccc2)CCCC[C@@H]1CO. The third-order valence-electron chi connectivity index (χ3n) is 4.37. The Morgan fingerprint density at radius 1 is 1.22 bits per heavy atom. The van der Waals surface area contributed by atoms with Crippen LogP contribution in [-0.4, -0.2) is 37.3 Å². The first-order valence-corrected chi connectivity index (χ1v) is 7.00. The fraction of sp³-hybridized carbons (Fsp3) is 0.625. The lowest BCUT2D eigenvalue weighted by atomic mass is 9.62. The number of aliphatic hydroxyl groups excluding tert-OH is 1. The molecule has 2 atom stereocenters. The second kappa shape index (κ2) is 5.85. The molecule has 1 aromatic rings. The molecule has 0 heterocycles. The van der Waals surface area contributed by atoms with Gasteiger partial charge in [0.25, 0.3) is 0 Å². The van der Waals surface area contributed by atoms with Gasteiger partial charge < -0.3 is 10.0 Å². The van der Waals surface area contributed by atoms with E-state index in [9.17, 15) is 5.11 Å². The van der Waals surface area contributed by atoms with Crippen molar-refractivity contribution in [2.45, 2.75) is 31.1 Å². The van der Waals surface area contributed by atoms with E-state index in [1.165, 1.54) is 24.8 Å². The summed E-state index contributed by atoms with van der Waals surface area (Å²) in [5.41, 5.74) is 1.54. The van der Waals surface area contributed by atoms with Crippen molar-refractivity contribution in [2.75, 3.05) is 27.2 Å². The van der Waals surface area contributed by atoms with Gasteiger partial charge in [-0.1, -0.05) is 43.2 Å². The van der Waals surface area contributed by atoms with Crippen molar-refractivity contribution in [3.63, 3.8) is 0 Å². The van der Waals surface area contributed by atoms with E-state index in [0.29, 0.717) is 12.5 Å². The molecule has 1 aromatic carbocycles. The standard InChI is InChI=1S/C16H25NO/c1-17(2)13-16(14-8-4-3-5-9-14)11-7-6-10-15(16)12-18/h3-5,8-9,15,18H,6-7,10-13H2,1-2H3/t15-,16+/m1/s1. The Balaban J connectivity index is 2.38. The van der Waals surface area contributed by atoms with E-state index in [-0.39, 0.29) is 5.41 Å². The van der Waals surface area contributed by atoms with Crippen molar-refractivity contribution >= 4 is 0 Å². The van der Waals surface area contributed by atoms with E-state index < -0.39 is 0 Å². The van der Waals surface area contributed by atoms with Gasteiger partial charge in [-0.05, 0) is 38.4 Å². The van der Waals surface area contributed by atoms with Gasteiger partial charge in [0.05, 0.1) is 0 Å². The lowest BCUT2D eigenvalue weighted by Crippen LogP contribution is -2.47. The summed E-state index contributed by atoms with van der Waals surface area (Å²) in [5.74, 6) is 0.399. The van der Waals surface area contributed by atoms with Gasteiger partial charge in [0.2, 0.25) is 0 Å². The highest BCUT2D eigenvalue weighted by Gasteiger charge is 2.41. The molecule has 2 rings (SSSR count). The maximum absolute atomic E-state index is 9.78. The Kier molecular flexibility index (Phi) is 4.41. The predicted molar refractivity (Wildman–Crippen MR) is 75.7 cm³/mol. The van der Waals surface area contributed by atoms with Gasteiger partial charge in [0.15, 0.2) is 0 Å². The number of hydrogen-bond donors (Lipinski definition) is 1. The molecule has 0 spiro atoms. The topological polar surface area (TPSA) is 23.5 Å². The Hall–Kier alpha value is -0.860. The number of rotatable bonds is 4. The third kappa shape index (κ3) is 2.60. The molecule has 18 heavy (non-hydrogen) atoms. The number of nitrogens with zero attached hydrogens (tertiary/aromatic N) is 1. The van der Waals surface area contributed by atoms with Crippen molar-refractivity contribution in [3.05, 3.63) is 35.9 Å². The lowest BCUT2D eigenvalue weighted by molar-refractivity contribution is 0.0822. The molecule has 1 fully saturated rings. The second-order valence-electron chi connectivity index (χ2n) is 5.89. The molecule has 1 N–H and O–H groups in total. The molecule has 0 saturated heterocycles. The summed E-state index contributed by atoms with van der Waals surface area (Å²) in [6.45, 7) is 1.34. The molecule has 1 aliphatic rings. The van der Waals surface area contributed by atoms with Gasteiger partial charge >= 0.3 is 0 Å². The zero-order valence-electron chi connectivity index (χ0n) is 11.6. The summed E-state index contributed by atoms with van der Waals surface area (Å²) in [6, 6.07) is 10.8. The normalized spacial score (nSPS) is 28.6. The van der Waals surface area contributed by atoms with Crippen LogP contribution in [0.4, 0.5) is 0 Å². The van der Waals surface area contributed by atoms with Crippen LogP contribution in [0.3, 0.4) is 0 Å². The van der Waals surface area contributed by atoms with Crippen molar-refractivity contribution in [3.8, 4) is 0 Å². The van der Waals surface area contributed by atoms with Gasteiger partial charge in [-0.3, -0.25) is 0 Å². The Morgan fingerprint density at radius 3 is 2.56 bits per heavy atom. The zero-order chi connectivity index (χ0) is 13.0. The second-order valence-corrected chi connectivity index (χ2v) is 5.89. The van der Waals surface area contributed by atoms with Gasteiger partial charge in [0.1, 0.15) is 0 Å². The fourth-order valence-electron chi connectivity index (χ4n) is 3.59. The highest BCUT2D eigenvalue weighted by atomic mass is 16.3. The molecule has 2 heteroatoms. The molecule has 0 bridgehead atoms. The lowest BCUT2D eigenvalue weighted by Gasteiger charge is -2.45. The molecule has 2 nitrogen and oxygen atoms in total. The van der Waals surface area contributed by atoms with Crippen LogP contribution in [0, 0.1) is 5.92 Å². The molecule has 100 valence electrons. The van der Waals surface area contributed by atoms with Crippen LogP contribution in [0.25, 0.3) is 0 Å². The Morgan fingerprint density at radius 2 is 1.94 bits per heavy atom. The molecule has 0 radical (unpaired) electrons. The fourth-order valence-corrected chi connectivity index (χ4v) is 3.59. The smallest absolute Gasteiger partial charge is 0.0468 e. The molecule has 0 aliphatic heterocycles. The van der Waals surface area contributed by atoms with E-state index in [0.717, 1.165) is 13.0 Å². The van der Waals surface area contributed by atoms with Crippen LogP contribution in [0.2, 0.25) is 0 Å². The minimum Gasteiger partial charge on any atom is -0.396 e. The van der Waals surface area contributed by atoms with Crippen LogP contribution in [0.5, 0.6) is 0 Å². The molecular formula is C16H25NO. The van der Waals surface area contributed by atoms with Crippen molar-refractivity contribution in [2.24, 2.45) is 5.92 Å². The van der Waals surface area contributed by atoms with Crippen LogP contribution in [0.15, 0.2) is 30.3 Å². The van der Waals surface area contributed by atoms with Gasteiger partial charge in [0, 0.05) is 18.6 Å². The minimum absolute atomic E-state index is 0.137. The first kappa shape index (κ1) is 13.6. The quantitative estimate of drug-likeness (QED) is 0.884. The van der Waals surface area contributed by atoms with Crippen molar-refractivity contribution in [1.82, 2.24) is 4.90 Å². The largest absolute Gasteiger partial charge is 0.396 e. The number of likely N-dealkylation sites (N-methyl/N-ethyl adjacent to an activating group) is 1. The highest BCUT2D eigenvalue weighted by molar-refractivity contribution is 5.28. The number of hydrogen-bond acceptors (Lipinski definition) is 2. The zero-order valence-corrected chi connectivity index (χ0v) is 11.6. The van der Waals surface area contributed by atoms with Gasteiger partial charge in [-0.25, -0.2) is 0 Å². The Bertz CT molecular complexity index is 363. The van der Waals surface area contributed by atoms with Crippen molar-refractivity contribution < 1.29 is 5.11 Å². The summed E-state index contributed by atoms with van der Waals surface area (Å²) >= 11 is 0. The van der Waals surface area contributed by atoms with Crippen molar-refractivity contribution in [1.29, 1.82) is 0 Å². The van der Waals surface area contributed by atoms with Crippen LogP contribution in [0.1, 0.15) is 31.2 Å². The molecule has 0 amide bonds. The van der Waals surface area contributed by atoms with Gasteiger partial charge in [-0.2, -0.15) is 0 Å². The monoisotopic (exact) mass is 247 g/mol. The van der Waals surface area contributed by atoms with E-state index in [1.807, 2.05) is 0 Å². The summed E-state index contributed by atoms with van der Waals surface area (Å²) in [6.07, 6.45) is 4.88. The van der Waals surface area contributed by atoms with Gasteiger partial charge in [-0.15, -0.1) is 0 Å². The van der Waals surface area contributed by atoms with E-state index >= 15 is 0 Å². The molecular weight excluding hydrogens is 222 g/mol. The number of benzene rings is 1.